The first-order valence-corrected chi connectivity index (χ1v) is 8.21. The number of hydrogen-bond donors (Lipinski definition) is 1. The monoisotopic (exact) mass is 362 g/mol. The number of rotatable bonds is 5. The quantitative estimate of drug-likeness (QED) is 0.551. The number of carbonyl (C=O) groups is 2. The number of benzene rings is 2. The molecule has 0 aliphatic heterocycles. The van der Waals surface area contributed by atoms with E-state index in [-0.39, 0.29) is 5.69 Å². The average molecular weight is 362 g/mol. The molecule has 0 saturated carbocycles. The van der Waals surface area contributed by atoms with Gasteiger partial charge in [0.1, 0.15) is 11.4 Å². The minimum absolute atomic E-state index is 0.218. The number of hydrogen-bond acceptors (Lipinski definition) is 6. The van der Waals surface area contributed by atoms with Gasteiger partial charge < -0.3 is 14.8 Å². The molecular weight excluding hydrogens is 344 g/mol. The van der Waals surface area contributed by atoms with Crippen molar-refractivity contribution in [1.82, 2.24) is 4.98 Å². The lowest BCUT2D eigenvalue weighted by Crippen LogP contribution is -2.13. The molecule has 6 heteroatoms. The van der Waals surface area contributed by atoms with Gasteiger partial charge in [-0.1, -0.05) is 36.4 Å². The Kier molecular flexibility index (Phi) is 5.47. The van der Waals surface area contributed by atoms with E-state index in [1.807, 2.05) is 48.5 Å². The van der Waals surface area contributed by atoms with Crippen LogP contribution in [0.25, 0.3) is 16.8 Å². The highest BCUT2D eigenvalue weighted by Crippen LogP contribution is 2.22. The van der Waals surface area contributed by atoms with E-state index < -0.39 is 11.9 Å². The number of pyridine rings is 1. The van der Waals surface area contributed by atoms with Gasteiger partial charge in [0.15, 0.2) is 0 Å². The molecule has 0 bridgehead atoms. The lowest BCUT2D eigenvalue weighted by atomic mass is 10.1. The summed E-state index contributed by atoms with van der Waals surface area (Å²) in [6.07, 6.45) is 3.31. The van der Waals surface area contributed by atoms with Crippen LogP contribution in [0, 0.1) is 0 Å². The highest BCUT2D eigenvalue weighted by Gasteiger charge is 2.12. The second-order valence-electron chi connectivity index (χ2n) is 5.71. The second kappa shape index (κ2) is 8.14. The first-order chi connectivity index (χ1) is 13.1. The van der Waals surface area contributed by atoms with Crippen LogP contribution in [0.4, 0.5) is 5.69 Å². The molecular formula is C21H18N2O4. The fourth-order valence-corrected chi connectivity index (χ4v) is 2.56. The molecule has 0 unspecified atom stereocenters. The molecule has 0 aliphatic rings. The van der Waals surface area contributed by atoms with Gasteiger partial charge in [0.25, 0.3) is 0 Å². The van der Waals surface area contributed by atoms with Crippen LogP contribution < -0.4 is 5.32 Å². The number of nitrogens with one attached hydrogen (secondary N) is 1. The smallest absolute Gasteiger partial charge is 0.356 e. The Morgan fingerprint density at radius 1 is 0.963 bits per heavy atom. The van der Waals surface area contributed by atoms with E-state index in [0.29, 0.717) is 11.4 Å². The summed E-state index contributed by atoms with van der Waals surface area (Å²) in [7, 11) is 2.64. The highest BCUT2D eigenvalue weighted by molar-refractivity contribution is 5.98. The van der Waals surface area contributed by atoms with E-state index in [1.54, 1.807) is 18.3 Å². The second-order valence-corrected chi connectivity index (χ2v) is 5.71. The summed E-state index contributed by atoms with van der Waals surface area (Å²) in [6, 6.07) is 16.6. The van der Waals surface area contributed by atoms with E-state index in [0.717, 1.165) is 16.3 Å². The van der Waals surface area contributed by atoms with Gasteiger partial charge in [-0.25, -0.2) is 14.6 Å². The zero-order valence-corrected chi connectivity index (χ0v) is 14.9. The fourth-order valence-electron chi connectivity index (χ4n) is 2.56. The van der Waals surface area contributed by atoms with Crippen molar-refractivity contribution < 1.29 is 19.1 Å². The molecule has 2 aromatic carbocycles. The molecule has 1 N–H and O–H groups in total. The minimum Gasteiger partial charge on any atom is -0.464 e. The van der Waals surface area contributed by atoms with E-state index >= 15 is 0 Å². The van der Waals surface area contributed by atoms with Crippen molar-refractivity contribution in [1.29, 1.82) is 0 Å². The van der Waals surface area contributed by atoms with E-state index in [9.17, 15) is 9.59 Å². The van der Waals surface area contributed by atoms with E-state index in [4.69, 9.17) is 9.47 Å². The molecule has 0 atom stereocenters. The summed E-state index contributed by atoms with van der Waals surface area (Å²) in [5.74, 6) is -0.988. The lowest BCUT2D eigenvalue weighted by molar-refractivity contribution is -0.135. The third-order valence-electron chi connectivity index (χ3n) is 3.91. The number of anilines is 1. The Morgan fingerprint density at radius 2 is 1.74 bits per heavy atom. The van der Waals surface area contributed by atoms with Crippen molar-refractivity contribution in [2.75, 3.05) is 19.5 Å². The molecule has 6 nitrogen and oxygen atoms in total. The third-order valence-corrected chi connectivity index (χ3v) is 3.91. The van der Waals surface area contributed by atoms with Gasteiger partial charge in [-0.2, -0.15) is 0 Å². The lowest BCUT2D eigenvalue weighted by Gasteiger charge is -2.11. The summed E-state index contributed by atoms with van der Waals surface area (Å²) in [5, 5.41) is 4.74. The first-order valence-electron chi connectivity index (χ1n) is 8.21. The largest absolute Gasteiger partial charge is 0.464 e. The van der Waals surface area contributed by atoms with Gasteiger partial charge in [0, 0.05) is 17.3 Å². The first kappa shape index (κ1) is 18.1. The molecule has 1 heterocycles. The molecule has 0 fully saturated rings. The van der Waals surface area contributed by atoms with Gasteiger partial charge in [-0.05, 0) is 35.2 Å². The van der Waals surface area contributed by atoms with E-state index in [2.05, 4.69) is 10.3 Å². The molecule has 0 amide bonds. The summed E-state index contributed by atoms with van der Waals surface area (Å²) >= 11 is 0. The van der Waals surface area contributed by atoms with Crippen LogP contribution in [0.15, 0.2) is 66.5 Å². The fraction of sp³-hybridized carbons (Fsp3) is 0.0952. The maximum absolute atomic E-state index is 12.1. The normalized spacial score (nSPS) is 11.1. The predicted octanol–water partition coefficient (Wildman–Crippen LogP) is 3.65. The number of carbonyl (C=O) groups excluding carboxylic acids is 2. The molecule has 0 radical (unpaired) electrons. The Hall–Kier alpha value is -3.67. The van der Waals surface area contributed by atoms with Crippen LogP contribution in [0.1, 0.15) is 16.1 Å². The van der Waals surface area contributed by atoms with Crippen LogP contribution in [0.5, 0.6) is 0 Å². The number of ether oxygens (including phenoxy) is 2. The zero-order chi connectivity index (χ0) is 19.2. The minimum atomic E-state index is -0.505. The summed E-state index contributed by atoms with van der Waals surface area (Å²) < 4.78 is 9.57. The molecule has 136 valence electrons. The van der Waals surface area contributed by atoms with Gasteiger partial charge >= 0.3 is 11.9 Å². The SMILES string of the molecule is COC(=O)/C(=C\c1ccccc1)Nc1ccc2cnc(C(=O)OC)cc2c1. The van der Waals surface area contributed by atoms with Crippen LogP contribution >= 0.6 is 0 Å². The molecule has 3 rings (SSSR count). The van der Waals surface area contributed by atoms with Crippen molar-refractivity contribution in [3.05, 3.63) is 77.7 Å². The topological polar surface area (TPSA) is 77.5 Å². The number of nitrogens with zero attached hydrogens (tertiary/aromatic N) is 1. The molecule has 0 aliphatic carbocycles. The summed E-state index contributed by atoms with van der Waals surface area (Å²) in [4.78, 5) is 27.9. The van der Waals surface area contributed by atoms with Crippen LogP contribution in [0.2, 0.25) is 0 Å². The number of esters is 2. The average Bonchev–Trinajstić information content (AvgIpc) is 2.72. The summed E-state index contributed by atoms with van der Waals surface area (Å²) in [6.45, 7) is 0. The Morgan fingerprint density at radius 3 is 2.44 bits per heavy atom. The van der Waals surface area contributed by atoms with Gasteiger partial charge in [-0.3, -0.25) is 0 Å². The van der Waals surface area contributed by atoms with Crippen molar-refractivity contribution in [2.24, 2.45) is 0 Å². The van der Waals surface area contributed by atoms with Crippen molar-refractivity contribution in [3.63, 3.8) is 0 Å². The Balaban J connectivity index is 1.95. The van der Waals surface area contributed by atoms with Crippen molar-refractivity contribution in [3.8, 4) is 0 Å². The molecule has 0 saturated heterocycles. The van der Waals surface area contributed by atoms with Crippen LogP contribution in [-0.4, -0.2) is 31.1 Å². The maximum atomic E-state index is 12.1. The molecule has 27 heavy (non-hydrogen) atoms. The van der Waals surface area contributed by atoms with Gasteiger partial charge in [-0.15, -0.1) is 0 Å². The van der Waals surface area contributed by atoms with Gasteiger partial charge in [0.2, 0.25) is 0 Å². The van der Waals surface area contributed by atoms with Gasteiger partial charge in [0.05, 0.1) is 14.2 Å². The number of aromatic nitrogens is 1. The molecule has 0 spiro atoms. The highest BCUT2D eigenvalue weighted by atomic mass is 16.5. The Labute approximate surface area is 156 Å². The number of methoxy groups -OCH3 is 2. The van der Waals surface area contributed by atoms with E-state index in [1.165, 1.54) is 14.2 Å². The summed E-state index contributed by atoms with van der Waals surface area (Å²) in [5.41, 5.74) is 2.06. The molecule has 3 aromatic rings. The van der Waals surface area contributed by atoms with Crippen LogP contribution in [0.3, 0.4) is 0 Å². The maximum Gasteiger partial charge on any atom is 0.356 e. The van der Waals surface area contributed by atoms with Crippen molar-refractivity contribution >= 4 is 34.5 Å². The van der Waals surface area contributed by atoms with Crippen LogP contribution in [-0.2, 0) is 14.3 Å². The number of fused-ring (bicyclic) bond motifs is 1. The molecule has 1 aromatic heterocycles. The zero-order valence-electron chi connectivity index (χ0n) is 14.9. The Bertz CT molecular complexity index is 1010. The predicted molar refractivity (Wildman–Crippen MR) is 103 cm³/mol. The van der Waals surface area contributed by atoms with Crippen molar-refractivity contribution in [2.45, 2.75) is 0 Å². The third kappa shape index (κ3) is 4.30. The standard InChI is InChI=1S/C21H18N2O4/c1-26-20(24)18-12-16-11-17(9-8-15(16)13-22-18)23-19(21(25)27-2)10-14-6-4-3-5-7-14/h3-13,23H,1-2H3/b19-10+.